The zero-order chi connectivity index (χ0) is 16.2. The molecule has 122 valence electrons. The number of nitrogens with one attached hydrogen (secondary N) is 2. The van der Waals surface area contributed by atoms with Crippen LogP contribution in [-0.2, 0) is 14.3 Å². The van der Waals surface area contributed by atoms with Crippen molar-refractivity contribution in [3.05, 3.63) is 0 Å². The van der Waals surface area contributed by atoms with E-state index in [4.69, 9.17) is 4.74 Å². The Balaban J connectivity index is 2.48. The van der Waals surface area contributed by atoms with E-state index >= 15 is 0 Å². The summed E-state index contributed by atoms with van der Waals surface area (Å²) in [6.07, 6.45) is 1.09. The van der Waals surface area contributed by atoms with Gasteiger partial charge in [-0.15, -0.1) is 0 Å². The smallest absolute Gasteiger partial charge is 0.226 e. The van der Waals surface area contributed by atoms with E-state index < -0.39 is 0 Å². The van der Waals surface area contributed by atoms with Crippen LogP contribution in [-0.4, -0.2) is 30.7 Å². The summed E-state index contributed by atoms with van der Waals surface area (Å²) in [6.45, 7) is 12.8. The van der Waals surface area contributed by atoms with Gasteiger partial charge in [0.1, 0.15) is 6.23 Å². The zero-order valence-corrected chi connectivity index (χ0v) is 14.2. The van der Waals surface area contributed by atoms with Crippen LogP contribution in [0.2, 0.25) is 0 Å². The molecular formula is C16H30N2O3. The van der Waals surface area contributed by atoms with E-state index in [2.05, 4.69) is 45.3 Å². The van der Waals surface area contributed by atoms with E-state index in [9.17, 15) is 9.59 Å². The van der Waals surface area contributed by atoms with Gasteiger partial charge in [0.05, 0.1) is 19.1 Å². The summed E-state index contributed by atoms with van der Waals surface area (Å²) >= 11 is 0. The van der Waals surface area contributed by atoms with Gasteiger partial charge in [-0.3, -0.25) is 9.59 Å². The van der Waals surface area contributed by atoms with Crippen LogP contribution in [0, 0.1) is 17.3 Å². The highest BCUT2D eigenvalue weighted by atomic mass is 16.5. The fourth-order valence-electron chi connectivity index (χ4n) is 2.12. The van der Waals surface area contributed by atoms with Gasteiger partial charge in [0.25, 0.3) is 0 Å². The number of ether oxygens (including phenoxy) is 1. The SMILES string of the molecule is CC(C)CC(COC1CC(=O)N1)NC(=O)C(C)C(C)(C)C. The summed E-state index contributed by atoms with van der Waals surface area (Å²) in [5.74, 6) is 0.496. The van der Waals surface area contributed by atoms with Crippen molar-refractivity contribution in [2.75, 3.05) is 6.61 Å². The van der Waals surface area contributed by atoms with E-state index in [1.807, 2.05) is 6.92 Å². The first-order valence-electron chi connectivity index (χ1n) is 7.81. The Morgan fingerprint density at radius 2 is 1.95 bits per heavy atom. The summed E-state index contributed by atoms with van der Waals surface area (Å²) in [5.41, 5.74) is -0.0602. The van der Waals surface area contributed by atoms with Gasteiger partial charge in [0.2, 0.25) is 11.8 Å². The Morgan fingerprint density at radius 3 is 2.38 bits per heavy atom. The molecule has 5 nitrogen and oxygen atoms in total. The second kappa shape index (κ2) is 7.25. The van der Waals surface area contributed by atoms with Crippen LogP contribution >= 0.6 is 0 Å². The number of hydrogen-bond donors (Lipinski definition) is 2. The average molecular weight is 298 g/mol. The molecule has 1 aliphatic rings. The summed E-state index contributed by atoms with van der Waals surface area (Å²) in [5, 5.41) is 5.77. The van der Waals surface area contributed by atoms with Crippen LogP contribution in [0.25, 0.3) is 0 Å². The number of amides is 2. The van der Waals surface area contributed by atoms with Crippen molar-refractivity contribution in [1.29, 1.82) is 0 Å². The number of carbonyl (C=O) groups excluding carboxylic acids is 2. The Bertz CT molecular complexity index is 366. The van der Waals surface area contributed by atoms with Crippen molar-refractivity contribution in [3.63, 3.8) is 0 Å². The Hall–Kier alpha value is -1.10. The minimum Gasteiger partial charge on any atom is -0.356 e. The third kappa shape index (κ3) is 6.04. The van der Waals surface area contributed by atoms with Crippen molar-refractivity contribution in [1.82, 2.24) is 10.6 Å². The normalized spacial score (nSPS) is 21.5. The molecule has 0 radical (unpaired) electrons. The lowest BCUT2D eigenvalue weighted by Gasteiger charge is -2.31. The van der Waals surface area contributed by atoms with Crippen LogP contribution in [0.15, 0.2) is 0 Å². The summed E-state index contributed by atoms with van der Waals surface area (Å²) in [6, 6.07) is -0.0141. The topological polar surface area (TPSA) is 67.4 Å². The van der Waals surface area contributed by atoms with Gasteiger partial charge in [-0.1, -0.05) is 41.5 Å². The van der Waals surface area contributed by atoms with Gasteiger partial charge < -0.3 is 15.4 Å². The molecule has 2 N–H and O–H groups in total. The minimum absolute atomic E-state index is 0.0141. The maximum atomic E-state index is 12.3. The lowest BCUT2D eigenvalue weighted by atomic mass is 9.81. The minimum atomic E-state index is -0.191. The number of carbonyl (C=O) groups is 2. The van der Waals surface area contributed by atoms with Crippen molar-refractivity contribution in [3.8, 4) is 0 Å². The maximum Gasteiger partial charge on any atom is 0.226 e. The molecule has 0 spiro atoms. The quantitative estimate of drug-likeness (QED) is 0.707. The molecule has 1 heterocycles. The molecule has 3 atom stereocenters. The van der Waals surface area contributed by atoms with Crippen LogP contribution < -0.4 is 10.6 Å². The van der Waals surface area contributed by atoms with Crippen molar-refractivity contribution in [2.24, 2.45) is 17.3 Å². The molecule has 3 unspecified atom stereocenters. The van der Waals surface area contributed by atoms with E-state index in [1.54, 1.807) is 0 Å². The highest BCUT2D eigenvalue weighted by molar-refractivity contribution is 5.82. The predicted octanol–water partition coefficient (Wildman–Crippen LogP) is 2.06. The molecule has 1 saturated heterocycles. The average Bonchev–Trinajstić information content (AvgIpc) is 2.29. The molecule has 0 bridgehead atoms. The Labute approximate surface area is 128 Å². The second-order valence-electron chi connectivity index (χ2n) is 7.52. The molecule has 0 aliphatic carbocycles. The second-order valence-corrected chi connectivity index (χ2v) is 7.52. The molecule has 0 saturated carbocycles. The van der Waals surface area contributed by atoms with Crippen LogP contribution in [0.4, 0.5) is 0 Å². The first-order chi connectivity index (χ1) is 9.59. The molecule has 0 aromatic carbocycles. The molecule has 1 aliphatic heterocycles. The lowest BCUT2D eigenvalue weighted by Crippen LogP contribution is -2.52. The van der Waals surface area contributed by atoms with E-state index in [0.717, 1.165) is 6.42 Å². The van der Waals surface area contributed by atoms with Gasteiger partial charge in [-0.25, -0.2) is 0 Å². The van der Waals surface area contributed by atoms with Gasteiger partial charge in [-0.05, 0) is 17.8 Å². The molecule has 1 fully saturated rings. The molecule has 1 rings (SSSR count). The Kier molecular flexibility index (Phi) is 6.20. The van der Waals surface area contributed by atoms with Crippen molar-refractivity contribution < 1.29 is 14.3 Å². The highest BCUT2D eigenvalue weighted by Gasteiger charge is 2.30. The molecule has 0 aromatic heterocycles. The van der Waals surface area contributed by atoms with Gasteiger partial charge >= 0.3 is 0 Å². The van der Waals surface area contributed by atoms with Crippen molar-refractivity contribution in [2.45, 2.75) is 66.7 Å². The van der Waals surface area contributed by atoms with Crippen LogP contribution in [0.1, 0.15) is 54.4 Å². The number of rotatable bonds is 7. The number of hydrogen-bond acceptors (Lipinski definition) is 3. The zero-order valence-electron chi connectivity index (χ0n) is 14.2. The third-order valence-corrected chi connectivity index (χ3v) is 3.99. The lowest BCUT2D eigenvalue weighted by molar-refractivity contribution is -0.142. The van der Waals surface area contributed by atoms with E-state index in [1.165, 1.54) is 0 Å². The van der Waals surface area contributed by atoms with Crippen molar-refractivity contribution >= 4 is 11.8 Å². The van der Waals surface area contributed by atoms with Crippen LogP contribution in [0.5, 0.6) is 0 Å². The largest absolute Gasteiger partial charge is 0.356 e. The molecule has 0 aromatic rings. The highest BCUT2D eigenvalue weighted by Crippen LogP contribution is 2.25. The third-order valence-electron chi connectivity index (χ3n) is 3.99. The van der Waals surface area contributed by atoms with Gasteiger partial charge in [0, 0.05) is 5.92 Å². The van der Waals surface area contributed by atoms with E-state index in [-0.39, 0.29) is 35.4 Å². The fourth-order valence-corrected chi connectivity index (χ4v) is 2.12. The fraction of sp³-hybridized carbons (Fsp3) is 0.875. The standard InChI is InChI=1S/C16H30N2O3/c1-10(2)7-12(9-21-14-8-13(19)18-14)17-15(20)11(3)16(4,5)6/h10-12,14H,7-9H2,1-6H3,(H,17,20)(H,18,19). The number of β-lactam (4-membered cyclic amide) rings is 1. The molecule has 5 heteroatoms. The monoisotopic (exact) mass is 298 g/mol. The summed E-state index contributed by atoms with van der Waals surface area (Å²) in [7, 11) is 0. The first-order valence-corrected chi connectivity index (χ1v) is 7.81. The maximum absolute atomic E-state index is 12.3. The predicted molar refractivity (Wildman–Crippen MR) is 82.5 cm³/mol. The van der Waals surface area contributed by atoms with E-state index in [0.29, 0.717) is 18.9 Å². The van der Waals surface area contributed by atoms with Gasteiger partial charge in [-0.2, -0.15) is 0 Å². The van der Waals surface area contributed by atoms with Gasteiger partial charge in [0.15, 0.2) is 0 Å². The molecule has 2 amide bonds. The summed E-state index contributed by atoms with van der Waals surface area (Å²) < 4.78 is 5.63. The van der Waals surface area contributed by atoms with Crippen LogP contribution in [0.3, 0.4) is 0 Å². The molecule has 21 heavy (non-hydrogen) atoms. The first kappa shape index (κ1) is 18.0. The Morgan fingerprint density at radius 1 is 1.38 bits per heavy atom. The summed E-state index contributed by atoms with van der Waals surface area (Å²) in [4.78, 5) is 23.2. The molecular weight excluding hydrogens is 268 g/mol.